The highest BCUT2D eigenvalue weighted by Gasteiger charge is 2.15. The molecule has 10 heteroatoms. The monoisotopic (exact) mass is 401 g/mol. The minimum atomic E-state index is -0.350. The van der Waals surface area contributed by atoms with Crippen LogP contribution in [0.3, 0.4) is 0 Å². The van der Waals surface area contributed by atoms with Gasteiger partial charge in [-0.25, -0.2) is 9.07 Å². The fraction of sp³-hybridized carbons (Fsp3) is 0.167. The maximum Gasteiger partial charge on any atom is 0.234 e. The molecular weight excluding hydrogens is 385 g/mol. The van der Waals surface area contributed by atoms with Crippen LogP contribution in [0.4, 0.5) is 10.1 Å². The summed E-state index contributed by atoms with van der Waals surface area (Å²) in [7, 11) is 0. The highest BCUT2D eigenvalue weighted by atomic mass is 32.2. The Morgan fingerprint density at radius 2 is 1.89 bits per heavy atom. The number of anilines is 1. The van der Waals surface area contributed by atoms with Gasteiger partial charge in [0.15, 0.2) is 17.3 Å². The Bertz CT molecular complexity index is 1010. The number of nitrogens with two attached hydrogens (primary N) is 1. The number of hydrogen-bond donors (Lipinski definition) is 2. The molecule has 1 aliphatic heterocycles. The first-order valence-corrected chi connectivity index (χ1v) is 9.37. The summed E-state index contributed by atoms with van der Waals surface area (Å²) in [6.45, 7) is 0.984. The normalized spacial score (nSPS) is 12.6. The molecule has 1 aliphatic rings. The number of nitrogens with one attached hydrogen (secondary N) is 1. The summed E-state index contributed by atoms with van der Waals surface area (Å²) in [5, 5.41) is 11.2. The van der Waals surface area contributed by atoms with Gasteiger partial charge in [-0.2, -0.15) is 0 Å². The molecule has 0 fully saturated rings. The van der Waals surface area contributed by atoms with E-state index < -0.39 is 0 Å². The number of rotatable bonds is 5. The number of nitrogen functional groups attached to an aromatic ring is 1. The Morgan fingerprint density at radius 3 is 2.68 bits per heavy atom. The van der Waals surface area contributed by atoms with Gasteiger partial charge < -0.3 is 20.6 Å². The molecule has 0 saturated carbocycles. The Labute approximate surface area is 163 Å². The first-order chi connectivity index (χ1) is 13.6. The molecule has 1 amide bonds. The molecule has 0 atom stereocenters. The smallest absolute Gasteiger partial charge is 0.234 e. The van der Waals surface area contributed by atoms with E-state index in [2.05, 4.69) is 15.5 Å². The molecule has 3 N–H and O–H groups in total. The first kappa shape index (κ1) is 18.1. The summed E-state index contributed by atoms with van der Waals surface area (Å²) in [6, 6.07) is 11.0. The number of benzene rings is 2. The number of halogens is 1. The summed E-state index contributed by atoms with van der Waals surface area (Å²) in [6.07, 6.45) is 0. The molecule has 0 spiro atoms. The zero-order valence-corrected chi connectivity index (χ0v) is 15.4. The lowest BCUT2D eigenvalue weighted by molar-refractivity contribution is -0.113. The van der Waals surface area contributed by atoms with Crippen molar-refractivity contribution in [1.29, 1.82) is 0 Å². The van der Waals surface area contributed by atoms with Crippen molar-refractivity contribution >= 4 is 23.4 Å². The molecule has 2 aromatic carbocycles. The van der Waals surface area contributed by atoms with Crippen LogP contribution in [0.15, 0.2) is 47.6 Å². The second-order valence-electron chi connectivity index (χ2n) is 5.88. The lowest BCUT2D eigenvalue weighted by atomic mass is 10.2. The SMILES string of the molecule is Nn1c(SCC(=O)Nc2ccc3c(c2)OCCO3)nnc1-c1ccc(F)cc1. The van der Waals surface area contributed by atoms with E-state index >= 15 is 0 Å². The average Bonchev–Trinajstić information content (AvgIpc) is 3.07. The molecule has 4 rings (SSSR count). The largest absolute Gasteiger partial charge is 0.486 e. The van der Waals surface area contributed by atoms with Gasteiger partial charge in [0.2, 0.25) is 11.1 Å². The average molecular weight is 401 g/mol. The van der Waals surface area contributed by atoms with E-state index in [-0.39, 0.29) is 17.5 Å². The van der Waals surface area contributed by atoms with Crippen LogP contribution < -0.4 is 20.6 Å². The Morgan fingerprint density at radius 1 is 1.14 bits per heavy atom. The number of carbonyl (C=O) groups is 1. The maximum absolute atomic E-state index is 13.1. The van der Waals surface area contributed by atoms with Crippen molar-refractivity contribution in [3.8, 4) is 22.9 Å². The van der Waals surface area contributed by atoms with E-state index in [0.29, 0.717) is 46.9 Å². The predicted octanol–water partition coefficient (Wildman–Crippen LogP) is 2.30. The summed E-state index contributed by atoms with van der Waals surface area (Å²) >= 11 is 1.14. The van der Waals surface area contributed by atoms with Gasteiger partial charge in [-0.05, 0) is 36.4 Å². The highest BCUT2D eigenvalue weighted by Crippen LogP contribution is 2.32. The summed E-state index contributed by atoms with van der Waals surface area (Å²) in [5.41, 5.74) is 1.24. The van der Waals surface area contributed by atoms with E-state index in [1.165, 1.54) is 16.8 Å². The number of amides is 1. The van der Waals surface area contributed by atoms with Crippen LogP contribution in [0.25, 0.3) is 11.4 Å². The molecule has 1 aromatic heterocycles. The molecule has 0 unspecified atom stereocenters. The number of thioether (sulfide) groups is 1. The van der Waals surface area contributed by atoms with Gasteiger partial charge in [0, 0.05) is 17.3 Å². The minimum absolute atomic E-state index is 0.0905. The summed E-state index contributed by atoms with van der Waals surface area (Å²) < 4.78 is 25.3. The van der Waals surface area contributed by atoms with Gasteiger partial charge in [-0.1, -0.05) is 11.8 Å². The first-order valence-electron chi connectivity index (χ1n) is 8.39. The van der Waals surface area contributed by atoms with Gasteiger partial charge in [-0.15, -0.1) is 10.2 Å². The quantitative estimate of drug-likeness (QED) is 0.499. The third kappa shape index (κ3) is 3.86. The fourth-order valence-corrected chi connectivity index (χ4v) is 3.28. The molecule has 28 heavy (non-hydrogen) atoms. The number of hydrogen-bond acceptors (Lipinski definition) is 7. The van der Waals surface area contributed by atoms with E-state index in [4.69, 9.17) is 15.3 Å². The lowest BCUT2D eigenvalue weighted by Gasteiger charge is -2.18. The van der Waals surface area contributed by atoms with Gasteiger partial charge in [0.1, 0.15) is 19.0 Å². The van der Waals surface area contributed by atoms with E-state index in [0.717, 1.165) is 11.8 Å². The summed E-state index contributed by atoms with van der Waals surface area (Å²) in [5.74, 6) is 7.15. The second kappa shape index (κ2) is 7.77. The number of ether oxygens (including phenoxy) is 2. The van der Waals surface area contributed by atoms with E-state index in [9.17, 15) is 9.18 Å². The second-order valence-corrected chi connectivity index (χ2v) is 6.82. The van der Waals surface area contributed by atoms with Crippen molar-refractivity contribution in [3.05, 3.63) is 48.3 Å². The molecule has 0 radical (unpaired) electrons. The molecule has 8 nitrogen and oxygen atoms in total. The van der Waals surface area contributed by atoms with Gasteiger partial charge in [-0.3, -0.25) is 4.79 Å². The van der Waals surface area contributed by atoms with Crippen molar-refractivity contribution in [2.45, 2.75) is 5.16 Å². The third-order valence-corrected chi connectivity index (χ3v) is 4.87. The van der Waals surface area contributed by atoms with Crippen LogP contribution in [0.1, 0.15) is 0 Å². The van der Waals surface area contributed by atoms with Gasteiger partial charge >= 0.3 is 0 Å². The standard InChI is InChI=1S/C18H16FN5O3S/c19-12-3-1-11(2-4-12)17-22-23-18(24(17)20)28-10-16(25)21-13-5-6-14-15(9-13)27-8-7-26-14/h1-6,9H,7-8,10,20H2,(H,21,25). The number of aromatic nitrogens is 3. The molecule has 3 aromatic rings. The molecular formula is C18H16FN5O3S. The van der Waals surface area contributed by atoms with Crippen LogP contribution in [0.2, 0.25) is 0 Å². The Kier molecular flexibility index (Phi) is 5.02. The third-order valence-electron chi connectivity index (χ3n) is 3.93. The summed E-state index contributed by atoms with van der Waals surface area (Å²) in [4.78, 5) is 12.2. The lowest BCUT2D eigenvalue weighted by Crippen LogP contribution is -2.18. The molecule has 2 heterocycles. The number of carbonyl (C=O) groups excluding carboxylic acids is 1. The Balaban J connectivity index is 1.38. The van der Waals surface area contributed by atoms with Crippen molar-refractivity contribution in [1.82, 2.24) is 14.9 Å². The highest BCUT2D eigenvalue weighted by molar-refractivity contribution is 7.99. The van der Waals surface area contributed by atoms with Crippen molar-refractivity contribution < 1.29 is 18.7 Å². The van der Waals surface area contributed by atoms with Crippen molar-refractivity contribution in [2.75, 3.05) is 30.1 Å². The zero-order chi connectivity index (χ0) is 19.5. The van der Waals surface area contributed by atoms with E-state index in [1.54, 1.807) is 30.3 Å². The molecule has 144 valence electrons. The zero-order valence-electron chi connectivity index (χ0n) is 14.6. The predicted molar refractivity (Wildman–Crippen MR) is 102 cm³/mol. The van der Waals surface area contributed by atoms with Crippen molar-refractivity contribution in [3.63, 3.8) is 0 Å². The topological polar surface area (TPSA) is 104 Å². The molecule has 0 bridgehead atoms. The van der Waals surface area contributed by atoms with Gasteiger partial charge in [0.25, 0.3) is 0 Å². The molecule has 0 saturated heterocycles. The van der Waals surface area contributed by atoms with Crippen LogP contribution in [0.5, 0.6) is 11.5 Å². The van der Waals surface area contributed by atoms with Crippen LogP contribution in [-0.4, -0.2) is 39.7 Å². The maximum atomic E-state index is 13.1. The fourth-order valence-electron chi connectivity index (χ4n) is 2.62. The number of nitrogens with zero attached hydrogens (tertiary/aromatic N) is 3. The Hall–Kier alpha value is -3.27. The van der Waals surface area contributed by atoms with Crippen LogP contribution in [0, 0.1) is 5.82 Å². The minimum Gasteiger partial charge on any atom is -0.486 e. The molecule has 0 aliphatic carbocycles. The van der Waals surface area contributed by atoms with E-state index in [1.807, 2.05) is 0 Å². The number of fused-ring (bicyclic) bond motifs is 1. The van der Waals surface area contributed by atoms with Crippen molar-refractivity contribution in [2.24, 2.45) is 0 Å². The van der Waals surface area contributed by atoms with Crippen LogP contribution >= 0.6 is 11.8 Å². The van der Waals surface area contributed by atoms with Gasteiger partial charge in [0.05, 0.1) is 5.75 Å². The van der Waals surface area contributed by atoms with Crippen LogP contribution in [-0.2, 0) is 4.79 Å².